The smallest absolute Gasteiger partial charge is 0.253 e. The molecule has 0 spiro atoms. The standard InChI is InChI=1S/C17H26N4O4S/c1-19(2)9-3-8-18-26(24,25)16-6-4-15(5-7-16)17(23)21-12-10-20(14-22)11-13-21/h4-7,14,18H,3,8-13H2,1-2H3. The Morgan fingerprint density at radius 3 is 2.31 bits per heavy atom. The van der Waals surface area contributed by atoms with Gasteiger partial charge in [0.15, 0.2) is 0 Å². The van der Waals surface area contributed by atoms with Gasteiger partial charge in [0.25, 0.3) is 5.91 Å². The minimum Gasteiger partial charge on any atom is -0.342 e. The van der Waals surface area contributed by atoms with Crippen molar-refractivity contribution in [1.82, 2.24) is 19.4 Å². The summed E-state index contributed by atoms with van der Waals surface area (Å²) in [7, 11) is 0.292. The van der Waals surface area contributed by atoms with Gasteiger partial charge in [0.05, 0.1) is 4.90 Å². The molecular weight excluding hydrogens is 356 g/mol. The van der Waals surface area contributed by atoms with Crippen LogP contribution in [0.1, 0.15) is 16.8 Å². The highest BCUT2D eigenvalue weighted by Crippen LogP contribution is 2.13. The van der Waals surface area contributed by atoms with Crippen molar-refractivity contribution in [3.8, 4) is 0 Å². The first-order valence-electron chi connectivity index (χ1n) is 8.56. The monoisotopic (exact) mass is 382 g/mol. The van der Waals surface area contributed by atoms with Crippen LogP contribution in [0.3, 0.4) is 0 Å². The quantitative estimate of drug-likeness (QED) is 0.498. The van der Waals surface area contributed by atoms with Crippen LogP contribution >= 0.6 is 0 Å². The number of nitrogens with one attached hydrogen (secondary N) is 1. The largest absolute Gasteiger partial charge is 0.342 e. The minimum atomic E-state index is -3.58. The van der Waals surface area contributed by atoms with E-state index in [4.69, 9.17) is 0 Å². The zero-order chi connectivity index (χ0) is 19.2. The molecule has 8 nitrogen and oxygen atoms in total. The lowest BCUT2D eigenvalue weighted by atomic mass is 10.2. The predicted molar refractivity (Wildman–Crippen MR) is 98.3 cm³/mol. The topological polar surface area (TPSA) is 90.0 Å². The Bertz CT molecular complexity index is 711. The van der Waals surface area contributed by atoms with Gasteiger partial charge >= 0.3 is 0 Å². The van der Waals surface area contributed by atoms with Crippen LogP contribution in [0.15, 0.2) is 29.2 Å². The Balaban J connectivity index is 1.94. The van der Waals surface area contributed by atoms with Gasteiger partial charge in [0.2, 0.25) is 16.4 Å². The normalized spacial score (nSPS) is 15.3. The molecule has 1 aromatic carbocycles. The van der Waals surface area contributed by atoms with Gasteiger partial charge in [-0.25, -0.2) is 13.1 Å². The van der Waals surface area contributed by atoms with Gasteiger partial charge in [0, 0.05) is 38.3 Å². The number of hydrogen-bond acceptors (Lipinski definition) is 5. The number of hydrogen-bond donors (Lipinski definition) is 1. The summed E-state index contributed by atoms with van der Waals surface area (Å²) in [5, 5.41) is 0. The maximum atomic E-state index is 12.5. The molecule has 144 valence electrons. The molecule has 1 saturated heterocycles. The number of rotatable bonds is 8. The molecule has 0 atom stereocenters. The fourth-order valence-electron chi connectivity index (χ4n) is 2.67. The molecule has 0 aliphatic carbocycles. The van der Waals surface area contributed by atoms with Crippen LogP contribution in [0.5, 0.6) is 0 Å². The highest BCUT2D eigenvalue weighted by Gasteiger charge is 2.22. The summed E-state index contributed by atoms with van der Waals surface area (Å²) in [6.45, 7) is 3.14. The number of carbonyl (C=O) groups excluding carboxylic acids is 2. The lowest BCUT2D eigenvalue weighted by molar-refractivity contribution is -0.119. The molecule has 1 fully saturated rings. The van der Waals surface area contributed by atoms with Crippen LogP contribution in [0.4, 0.5) is 0 Å². The number of nitrogens with zero attached hydrogens (tertiary/aromatic N) is 3. The van der Waals surface area contributed by atoms with Crippen LogP contribution < -0.4 is 4.72 Å². The number of carbonyl (C=O) groups is 2. The lowest BCUT2D eigenvalue weighted by Gasteiger charge is -2.32. The second-order valence-electron chi connectivity index (χ2n) is 6.51. The Morgan fingerprint density at radius 2 is 1.77 bits per heavy atom. The third kappa shape index (κ3) is 5.52. The first-order valence-corrected chi connectivity index (χ1v) is 10.0. The molecule has 0 aromatic heterocycles. The van der Waals surface area contributed by atoms with E-state index in [0.717, 1.165) is 19.4 Å². The van der Waals surface area contributed by atoms with E-state index >= 15 is 0 Å². The zero-order valence-electron chi connectivity index (χ0n) is 15.2. The summed E-state index contributed by atoms with van der Waals surface area (Å²) < 4.78 is 27.1. The van der Waals surface area contributed by atoms with Crippen molar-refractivity contribution in [2.45, 2.75) is 11.3 Å². The Morgan fingerprint density at radius 1 is 1.15 bits per heavy atom. The van der Waals surface area contributed by atoms with Crippen molar-refractivity contribution < 1.29 is 18.0 Å². The molecule has 0 unspecified atom stereocenters. The van der Waals surface area contributed by atoms with Crippen molar-refractivity contribution >= 4 is 22.3 Å². The van der Waals surface area contributed by atoms with Crippen molar-refractivity contribution in [1.29, 1.82) is 0 Å². The van der Waals surface area contributed by atoms with E-state index in [-0.39, 0.29) is 10.8 Å². The predicted octanol–water partition coefficient (Wildman–Crippen LogP) is -0.169. The second-order valence-corrected chi connectivity index (χ2v) is 8.28. The maximum Gasteiger partial charge on any atom is 0.253 e. The third-order valence-corrected chi connectivity index (χ3v) is 5.71. The lowest BCUT2D eigenvalue weighted by Crippen LogP contribution is -2.48. The summed E-state index contributed by atoms with van der Waals surface area (Å²) in [5.74, 6) is -0.154. The van der Waals surface area contributed by atoms with Crippen LogP contribution in [-0.2, 0) is 14.8 Å². The average molecular weight is 382 g/mol. The highest BCUT2D eigenvalue weighted by molar-refractivity contribution is 7.89. The first-order chi connectivity index (χ1) is 12.3. The molecule has 1 aromatic rings. The van der Waals surface area contributed by atoms with Crippen molar-refractivity contribution in [2.75, 3.05) is 53.4 Å². The summed E-state index contributed by atoms with van der Waals surface area (Å²) in [6.07, 6.45) is 1.50. The minimum absolute atomic E-state index is 0.143. The van der Waals surface area contributed by atoms with Crippen molar-refractivity contribution in [3.63, 3.8) is 0 Å². The number of piperazine rings is 1. The molecular formula is C17H26N4O4S. The average Bonchev–Trinajstić information content (AvgIpc) is 2.65. The van der Waals surface area contributed by atoms with Gasteiger partial charge in [0.1, 0.15) is 0 Å². The maximum absolute atomic E-state index is 12.5. The molecule has 2 amide bonds. The van der Waals surface area contributed by atoms with Gasteiger partial charge in [-0.15, -0.1) is 0 Å². The van der Waals surface area contributed by atoms with E-state index in [9.17, 15) is 18.0 Å². The molecule has 1 heterocycles. The fraction of sp³-hybridized carbons (Fsp3) is 0.529. The molecule has 1 N–H and O–H groups in total. The highest BCUT2D eigenvalue weighted by atomic mass is 32.2. The first kappa shape index (κ1) is 20.3. The molecule has 0 radical (unpaired) electrons. The van der Waals surface area contributed by atoms with Crippen molar-refractivity contribution in [3.05, 3.63) is 29.8 Å². The Hall–Kier alpha value is -1.97. The molecule has 2 rings (SSSR count). The van der Waals surface area contributed by atoms with Gasteiger partial charge in [-0.3, -0.25) is 9.59 Å². The summed E-state index contributed by atoms with van der Waals surface area (Å²) in [6, 6.07) is 5.96. The Labute approximate surface area is 154 Å². The number of benzene rings is 1. The van der Waals surface area contributed by atoms with Gasteiger partial charge < -0.3 is 14.7 Å². The summed E-state index contributed by atoms with van der Waals surface area (Å²) >= 11 is 0. The van der Waals surface area contributed by atoms with Gasteiger partial charge in [-0.05, 0) is 51.3 Å². The van der Waals surface area contributed by atoms with E-state index in [0.29, 0.717) is 38.3 Å². The van der Waals surface area contributed by atoms with E-state index in [1.807, 2.05) is 19.0 Å². The molecule has 1 aliphatic heterocycles. The molecule has 0 saturated carbocycles. The van der Waals surface area contributed by atoms with E-state index in [2.05, 4.69) is 4.72 Å². The zero-order valence-corrected chi connectivity index (χ0v) is 16.0. The van der Waals surface area contributed by atoms with Gasteiger partial charge in [-0.1, -0.05) is 0 Å². The fourth-order valence-corrected chi connectivity index (χ4v) is 3.75. The molecule has 26 heavy (non-hydrogen) atoms. The van der Waals surface area contributed by atoms with Crippen LogP contribution in [0, 0.1) is 0 Å². The van der Waals surface area contributed by atoms with Crippen LogP contribution in [0.2, 0.25) is 0 Å². The second kappa shape index (κ2) is 9.11. The molecule has 1 aliphatic rings. The van der Waals surface area contributed by atoms with Crippen molar-refractivity contribution in [2.24, 2.45) is 0 Å². The molecule has 0 bridgehead atoms. The van der Waals surface area contributed by atoms with Crippen LogP contribution in [0.25, 0.3) is 0 Å². The SMILES string of the molecule is CN(C)CCCNS(=O)(=O)c1ccc(C(=O)N2CCN(C=O)CC2)cc1. The number of amides is 2. The van der Waals surface area contributed by atoms with Crippen LogP contribution in [-0.4, -0.2) is 88.8 Å². The molecule has 9 heteroatoms. The van der Waals surface area contributed by atoms with E-state index in [1.54, 1.807) is 9.80 Å². The Kier molecular flexibility index (Phi) is 7.13. The summed E-state index contributed by atoms with van der Waals surface area (Å²) in [4.78, 5) is 28.6. The number of sulfonamides is 1. The van der Waals surface area contributed by atoms with E-state index in [1.165, 1.54) is 24.3 Å². The summed E-state index contributed by atoms with van der Waals surface area (Å²) in [5.41, 5.74) is 0.441. The van der Waals surface area contributed by atoms with E-state index < -0.39 is 10.0 Å². The van der Waals surface area contributed by atoms with Gasteiger partial charge in [-0.2, -0.15) is 0 Å². The third-order valence-electron chi connectivity index (χ3n) is 4.24.